The van der Waals surface area contributed by atoms with Gasteiger partial charge < -0.3 is 20.7 Å². The molecule has 1 fully saturated rings. The molecule has 1 aliphatic rings. The molecule has 1 aromatic rings. The number of carbonyl (C=O) groups excluding carboxylic acids is 1. The number of amides is 2. The van der Waals surface area contributed by atoms with Crippen LogP contribution in [0.2, 0.25) is 0 Å². The second-order valence-electron chi connectivity index (χ2n) is 5.84. The van der Waals surface area contributed by atoms with Crippen molar-refractivity contribution in [2.75, 3.05) is 25.5 Å². The van der Waals surface area contributed by atoms with Gasteiger partial charge in [-0.15, -0.1) is 0 Å². The number of carbonyl (C=O) groups is 1. The van der Waals surface area contributed by atoms with E-state index in [4.69, 9.17) is 4.74 Å². The van der Waals surface area contributed by atoms with E-state index in [-0.39, 0.29) is 11.6 Å². The van der Waals surface area contributed by atoms with Crippen molar-refractivity contribution in [2.24, 2.45) is 0 Å². The maximum atomic E-state index is 11.9. The highest BCUT2D eigenvalue weighted by molar-refractivity contribution is 5.89. The van der Waals surface area contributed by atoms with E-state index in [2.05, 4.69) is 22.9 Å². The average Bonchev–Trinajstić information content (AvgIpc) is 2.92. The van der Waals surface area contributed by atoms with Crippen molar-refractivity contribution in [1.82, 2.24) is 10.6 Å². The largest absolute Gasteiger partial charge is 0.373 e. The predicted molar refractivity (Wildman–Crippen MR) is 84.5 cm³/mol. The number of benzene rings is 1. The van der Waals surface area contributed by atoms with E-state index in [1.165, 1.54) is 5.56 Å². The van der Waals surface area contributed by atoms with E-state index in [1.807, 2.05) is 38.2 Å². The van der Waals surface area contributed by atoms with Gasteiger partial charge >= 0.3 is 6.03 Å². The molecule has 0 radical (unpaired) electrons. The molecule has 0 aromatic heterocycles. The summed E-state index contributed by atoms with van der Waals surface area (Å²) in [5.41, 5.74) is 1.76. The van der Waals surface area contributed by atoms with Crippen LogP contribution in [0.3, 0.4) is 0 Å². The van der Waals surface area contributed by atoms with Crippen molar-refractivity contribution in [3.8, 4) is 0 Å². The number of ether oxygens (including phenoxy) is 1. The normalized spacial score (nSPS) is 22.8. The molecule has 0 spiro atoms. The van der Waals surface area contributed by atoms with Crippen LogP contribution in [0.4, 0.5) is 10.5 Å². The minimum absolute atomic E-state index is 0.193. The second kappa shape index (κ2) is 6.91. The van der Waals surface area contributed by atoms with Gasteiger partial charge in [-0.1, -0.05) is 12.1 Å². The minimum atomic E-state index is -0.219. The molecule has 0 saturated carbocycles. The number of hydrogen-bond acceptors (Lipinski definition) is 3. The first kappa shape index (κ1) is 15.8. The van der Waals surface area contributed by atoms with Gasteiger partial charge in [0, 0.05) is 24.9 Å². The summed E-state index contributed by atoms with van der Waals surface area (Å²) in [5.74, 6) is 0. The standard InChI is InChI=1S/C16H25N3O2/c1-12(17-3)13-5-7-14(8-6-13)19-15(20)18-11-16(2)9-4-10-21-16/h5-8,12,17H,4,9-11H2,1-3H3,(H2,18,19,20). The molecular weight excluding hydrogens is 266 g/mol. The Kier molecular flexibility index (Phi) is 5.20. The highest BCUT2D eigenvalue weighted by Crippen LogP contribution is 2.23. The van der Waals surface area contributed by atoms with Crippen molar-refractivity contribution in [3.63, 3.8) is 0 Å². The average molecular weight is 291 g/mol. The van der Waals surface area contributed by atoms with Crippen LogP contribution in [0.15, 0.2) is 24.3 Å². The van der Waals surface area contributed by atoms with Gasteiger partial charge in [-0.25, -0.2) is 4.79 Å². The van der Waals surface area contributed by atoms with Gasteiger partial charge in [0.25, 0.3) is 0 Å². The third kappa shape index (κ3) is 4.44. The zero-order chi connectivity index (χ0) is 15.3. The molecule has 1 aromatic carbocycles. The summed E-state index contributed by atoms with van der Waals surface area (Å²) in [6, 6.07) is 7.96. The quantitative estimate of drug-likeness (QED) is 0.781. The van der Waals surface area contributed by atoms with E-state index in [9.17, 15) is 4.79 Å². The zero-order valence-corrected chi connectivity index (χ0v) is 13.0. The Morgan fingerprint density at radius 3 is 2.67 bits per heavy atom. The summed E-state index contributed by atoms with van der Waals surface area (Å²) in [5, 5.41) is 8.90. The minimum Gasteiger partial charge on any atom is -0.373 e. The first-order chi connectivity index (χ1) is 10.0. The van der Waals surface area contributed by atoms with Gasteiger partial charge in [0.15, 0.2) is 0 Å². The fraction of sp³-hybridized carbons (Fsp3) is 0.562. The number of hydrogen-bond donors (Lipinski definition) is 3. The van der Waals surface area contributed by atoms with Crippen molar-refractivity contribution >= 4 is 11.7 Å². The smallest absolute Gasteiger partial charge is 0.319 e. The van der Waals surface area contributed by atoms with Crippen LogP contribution < -0.4 is 16.0 Å². The Bertz CT molecular complexity index is 467. The molecule has 5 nitrogen and oxygen atoms in total. The Morgan fingerprint density at radius 2 is 2.10 bits per heavy atom. The van der Waals surface area contributed by atoms with E-state index >= 15 is 0 Å². The molecular formula is C16H25N3O2. The Hall–Kier alpha value is -1.59. The Morgan fingerprint density at radius 1 is 1.38 bits per heavy atom. The topological polar surface area (TPSA) is 62.4 Å². The van der Waals surface area contributed by atoms with Gasteiger partial charge in [0.1, 0.15) is 0 Å². The number of nitrogens with one attached hydrogen (secondary N) is 3. The fourth-order valence-electron chi connectivity index (χ4n) is 2.44. The molecule has 5 heteroatoms. The molecule has 3 N–H and O–H groups in total. The van der Waals surface area contributed by atoms with E-state index < -0.39 is 0 Å². The lowest BCUT2D eigenvalue weighted by Crippen LogP contribution is -2.41. The van der Waals surface area contributed by atoms with Crippen LogP contribution in [0.25, 0.3) is 0 Å². The summed E-state index contributed by atoms with van der Waals surface area (Å²) in [4.78, 5) is 11.9. The van der Waals surface area contributed by atoms with Gasteiger partial charge in [0.05, 0.1) is 5.60 Å². The molecule has 2 amide bonds. The first-order valence-electron chi connectivity index (χ1n) is 7.48. The van der Waals surface area contributed by atoms with E-state index in [0.717, 1.165) is 25.1 Å². The lowest BCUT2D eigenvalue weighted by Gasteiger charge is -2.23. The zero-order valence-electron chi connectivity index (χ0n) is 13.0. The Balaban J connectivity index is 1.82. The lowest BCUT2D eigenvalue weighted by atomic mass is 10.0. The van der Waals surface area contributed by atoms with Crippen LogP contribution in [0.5, 0.6) is 0 Å². The van der Waals surface area contributed by atoms with Crippen LogP contribution in [0.1, 0.15) is 38.3 Å². The van der Waals surface area contributed by atoms with Crippen LogP contribution in [-0.2, 0) is 4.74 Å². The van der Waals surface area contributed by atoms with Crippen molar-refractivity contribution in [1.29, 1.82) is 0 Å². The molecule has 1 aliphatic heterocycles. The summed E-state index contributed by atoms with van der Waals surface area (Å²) >= 11 is 0. The van der Waals surface area contributed by atoms with Gasteiger partial charge in [-0.05, 0) is 51.4 Å². The van der Waals surface area contributed by atoms with Crippen LogP contribution in [-0.4, -0.2) is 31.8 Å². The predicted octanol–water partition coefficient (Wildman–Crippen LogP) is 2.66. The summed E-state index contributed by atoms with van der Waals surface area (Å²) < 4.78 is 5.65. The molecule has 2 atom stereocenters. The molecule has 0 aliphatic carbocycles. The molecule has 21 heavy (non-hydrogen) atoms. The maximum Gasteiger partial charge on any atom is 0.319 e. The molecule has 2 rings (SSSR count). The van der Waals surface area contributed by atoms with E-state index in [0.29, 0.717) is 12.6 Å². The molecule has 0 bridgehead atoms. The molecule has 116 valence electrons. The summed E-state index contributed by atoms with van der Waals surface area (Å²) in [7, 11) is 1.93. The monoisotopic (exact) mass is 291 g/mol. The third-order valence-electron chi connectivity index (χ3n) is 4.02. The van der Waals surface area contributed by atoms with Crippen LogP contribution in [0, 0.1) is 0 Å². The Labute approximate surface area is 126 Å². The lowest BCUT2D eigenvalue weighted by molar-refractivity contribution is 0.0232. The molecule has 2 unspecified atom stereocenters. The summed E-state index contributed by atoms with van der Waals surface area (Å²) in [6.07, 6.45) is 2.05. The van der Waals surface area contributed by atoms with E-state index in [1.54, 1.807) is 0 Å². The first-order valence-corrected chi connectivity index (χ1v) is 7.48. The third-order valence-corrected chi connectivity index (χ3v) is 4.02. The maximum absolute atomic E-state index is 11.9. The van der Waals surface area contributed by atoms with Crippen molar-refractivity contribution in [2.45, 2.75) is 38.3 Å². The number of rotatable bonds is 5. The highest BCUT2D eigenvalue weighted by Gasteiger charge is 2.29. The summed E-state index contributed by atoms with van der Waals surface area (Å²) in [6.45, 7) is 5.45. The second-order valence-corrected chi connectivity index (χ2v) is 5.84. The fourth-order valence-corrected chi connectivity index (χ4v) is 2.44. The molecule has 1 heterocycles. The highest BCUT2D eigenvalue weighted by atomic mass is 16.5. The SMILES string of the molecule is CNC(C)c1ccc(NC(=O)NCC2(C)CCCO2)cc1. The van der Waals surface area contributed by atoms with Crippen molar-refractivity contribution in [3.05, 3.63) is 29.8 Å². The number of urea groups is 1. The van der Waals surface area contributed by atoms with Gasteiger partial charge in [-0.3, -0.25) is 0 Å². The molecule has 1 saturated heterocycles. The van der Waals surface area contributed by atoms with Crippen LogP contribution >= 0.6 is 0 Å². The van der Waals surface area contributed by atoms with Gasteiger partial charge in [-0.2, -0.15) is 0 Å². The number of anilines is 1. The van der Waals surface area contributed by atoms with Gasteiger partial charge in [0.2, 0.25) is 0 Å². The van der Waals surface area contributed by atoms with Crippen molar-refractivity contribution < 1.29 is 9.53 Å².